The van der Waals surface area contributed by atoms with Gasteiger partial charge in [-0.15, -0.1) is 0 Å². The molecular weight excluding hydrogens is 243 g/mol. The number of carbonyl (C=O) groups excluding carboxylic acids is 2. The van der Waals surface area contributed by atoms with E-state index in [1.165, 1.54) is 6.07 Å². The van der Waals surface area contributed by atoms with Crippen molar-refractivity contribution in [2.75, 3.05) is 0 Å². The first-order valence-corrected chi connectivity index (χ1v) is 4.27. The summed E-state index contributed by atoms with van der Waals surface area (Å²) in [5.41, 5.74) is 0.739. The third kappa shape index (κ3) is 1.93. The Morgan fingerprint density at radius 2 is 2.17 bits per heavy atom. The monoisotopic (exact) mass is 246 g/mol. The van der Waals surface area contributed by atoms with Crippen molar-refractivity contribution in [2.45, 2.75) is 0 Å². The Balaban J connectivity index is 3.22. The van der Waals surface area contributed by atoms with Gasteiger partial charge in [0.2, 0.25) is 0 Å². The van der Waals surface area contributed by atoms with Crippen LogP contribution in [0.3, 0.4) is 0 Å². The fourth-order valence-electron chi connectivity index (χ4n) is 0.756. The van der Waals surface area contributed by atoms with Gasteiger partial charge in [-0.3, -0.25) is 9.59 Å². The van der Waals surface area contributed by atoms with Crippen molar-refractivity contribution < 1.29 is 9.59 Å². The van der Waals surface area contributed by atoms with E-state index in [4.69, 9.17) is 11.6 Å². The Hall–Kier alpha value is -0.670. The third-order valence-electron chi connectivity index (χ3n) is 1.35. The van der Waals surface area contributed by atoms with Crippen molar-refractivity contribution in [3.8, 4) is 0 Å². The Bertz CT molecular complexity index is 336. The standard InChI is InChI=1S/C8H4BrClO2/c9-7-2-1-5(8(10)12)3-6(7)4-11/h1-4H. The van der Waals surface area contributed by atoms with Gasteiger partial charge in [0.05, 0.1) is 0 Å². The highest BCUT2D eigenvalue weighted by Crippen LogP contribution is 2.17. The van der Waals surface area contributed by atoms with E-state index in [9.17, 15) is 9.59 Å². The van der Waals surface area contributed by atoms with Crippen LogP contribution in [0.5, 0.6) is 0 Å². The molecular formula is C8H4BrClO2. The van der Waals surface area contributed by atoms with E-state index in [1.807, 2.05) is 0 Å². The minimum Gasteiger partial charge on any atom is -0.298 e. The molecule has 0 radical (unpaired) electrons. The topological polar surface area (TPSA) is 34.1 Å². The fraction of sp³-hybridized carbons (Fsp3) is 0. The van der Waals surface area contributed by atoms with Gasteiger partial charge in [-0.2, -0.15) is 0 Å². The lowest BCUT2D eigenvalue weighted by atomic mass is 10.1. The lowest BCUT2D eigenvalue weighted by molar-refractivity contribution is 0.108. The molecule has 0 fully saturated rings. The molecule has 1 aromatic carbocycles. The molecule has 0 aliphatic rings. The molecule has 62 valence electrons. The van der Waals surface area contributed by atoms with Crippen LogP contribution in [-0.2, 0) is 0 Å². The third-order valence-corrected chi connectivity index (χ3v) is 2.29. The molecule has 4 heteroatoms. The van der Waals surface area contributed by atoms with Crippen molar-refractivity contribution in [3.05, 3.63) is 33.8 Å². The molecule has 0 saturated heterocycles. The molecule has 0 saturated carbocycles. The Morgan fingerprint density at radius 3 is 2.67 bits per heavy atom. The second kappa shape index (κ2) is 3.83. The van der Waals surface area contributed by atoms with Gasteiger partial charge in [-0.05, 0) is 29.8 Å². The van der Waals surface area contributed by atoms with Crippen LogP contribution in [0.25, 0.3) is 0 Å². The van der Waals surface area contributed by atoms with Gasteiger partial charge in [0, 0.05) is 15.6 Å². The fourth-order valence-corrected chi connectivity index (χ4v) is 1.21. The molecule has 2 nitrogen and oxygen atoms in total. The van der Waals surface area contributed by atoms with Crippen LogP contribution in [0.4, 0.5) is 0 Å². The first kappa shape index (κ1) is 9.42. The van der Waals surface area contributed by atoms with Gasteiger partial charge >= 0.3 is 0 Å². The SMILES string of the molecule is O=Cc1cc(C(=O)Cl)ccc1Br. The average molecular weight is 247 g/mol. The lowest BCUT2D eigenvalue weighted by Gasteiger charge is -1.97. The quantitative estimate of drug-likeness (QED) is 0.595. The molecule has 0 atom stereocenters. The molecule has 0 aromatic heterocycles. The van der Waals surface area contributed by atoms with Crippen molar-refractivity contribution in [3.63, 3.8) is 0 Å². The van der Waals surface area contributed by atoms with Crippen LogP contribution in [0.15, 0.2) is 22.7 Å². The Labute approximate surface area is 82.7 Å². The normalized spacial score (nSPS) is 9.50. The van der Waals surface area contributed by atoms with E-state index in [0.717, 1.165) is 0 Å². The smallest absolute Gasteiger partial charge is 0.252 e. The summed E-state index contributed by atoms with van der Waals surface area (Å²) in [6.07, 6.45) is 0.660. The van der Waals surface area contributed by atoms with Crippen LogP contribution >= 0.6 is 27.5 Å². The predicted molar refractivity (Wildman–Crippen MR) is 49.7 cm³/mol. The minimum absolute atomic E-state index is 0.321. The number of hydrogen-bond donors (Lipinski definition) is 0. The number of carbonyl (C=O) groups is 2. The average Bonchev–Trinajstić information content (AvgIpc) is 2.05. The summed E-state index contributed by atoms with van der Waals surface area (Å²) < 4.78 is 0.652. The highest BCUT2D eigenvalue weighted by Gasteiger charge is 2.04. The van der Waals surface area contributed by atoms with Gasteiger partial charge < -0.3 is 0 Å². The largest absolute Gasteiger partial charge is 0.298 e. The van der Waals surface area contributed by atoms with Crippen molar-refractivity contribution in [1.29, 1.82) is 0 Å². The molecule has 0 unspecified atom stereocenters. The van der Waals surface area contributed by atoms with Crippen molar-refractivity contribution >= 4 is 39.1 Å². The molecule has 0 aliphatic carbocycles. The molecule has 0 bridgehead atoms. The zero-order valence-electron chi connectivity index (χ0n) is 5.88. The summed E-state index contributed by atoms with van der Waals surface area (Å²) in [6.45, 7) is 0. The summed E-state index contributed by atoms with van der Waals surface area (Å²) in [5, 5.41) is -0.564. The van der Waals surface area contributed by atoms with Crippen molar-refractivity contribution in [2.24, 2.45) is 0 Å². The highest BCUT2D eigenvalue weighted by molar-refractivity contribution is 9.10. The van der Waals surface area contributed by atoms with Gasteiger partial charge in [-0.25, -0.2) is 0 Å². The molecule has 12 heavy (non-hydrogen) atoms. The van der Waals surface area contributed by atoms with Crippen LogP contribution < -0.4 is 0 Å². The maximum Gasteiger partial charge on any atom is 0.252 e. The first-order chi connectivity index (χ1) is 5.65. The zero-order valence-corrected chi connectivity index (χ0v) is 8.22. The summed E-state index contributed by atoms with van der Waals surface area (Å²) in [7, 11) is 0. The number of aldehydes is 1. The molecule has 0 aliphatic heterocycles. The molecule has 0 spiro atoms. The van der Waals surface area contributed by atoms with Crippen molar-refractivity contribution in [1.82, 2.24) is 0 Å². The number of hydrogen-bond acceptors (Lipinski definition) is 2. The molecule has 1 rings (SSSR count). The van der Waals surface area contributed by atoms with Gasteiger partial charge in [0.25, 0.3) is 5.24 Å². The van der Waals surface area contributed by atoms with Crippen LogP contribution in [0.1, 0.15) is 20.7 Å². The van der Waals surface area contributed by atoms with Gasteiger partial charge in [0.1, 0.15) is 0 Å². The second-order valence-corrected chi connectivity index (χ2v) is 3.33. The summed E-state index contributed by atoms with van der Waals surface area (Å²) >= 11 is 8.37. The van der Waals surface area contributed by atoms with E-state index < -0.39 is 5.24 Å². The minimum atomic E-state index is -0.564. The van der Waals surface area contributed by atoms with Crippen LogP contribution in [-0.4, -0.2) is 11.5 Å². The molecule has 0 N–H and O–H groups in total. The molecule has 0 amide bonds. The first-order valence-electron chi connectivity index (χ1n) is 3.09. The molecule has 0 heterocycles. The maximum absolute atomic E-state index is 10.7. The van der Waals surface area contributed by atoms with E-state index >= 15 is 0 Å². The van der Waals surface area contributed by atoms with Crippen LogP contribution in [0, 0.1) is 0 Å². The summed E-state index contributed by atoms with van der Waals surface area (Å²) in [6, 6.07) is 4.60. The van der Waals surface area contributed by atoms with Crippen LogP contribution in [0.2, 0.25) is 0 Å². The highest BCUT2D eigenvalue weighted by atomic mass is 79.9. The van der Waals surface area contributed by atoms with E-state index in [2.05, 4.69) is 15.9 Å². The number of halogens is 2. The lowest BCUT2D eigenvalue weighted by Crippen LogP contribution is -1.91. The van der Waals surface area contributed by atoms with E-state index in [1.54, 1.807) is 12.1 Å². The van der Waals surface area contributed by atoms with E-state index in [0.29, 0.717) is 21.9 Å². The number of benzene rings is 1. The Kier molecular flexibility index (Phi) is 3.00. The Morgan fingerprint density at radius 1 is 1.50 bits per heavy atom. The second-order valence-electron chi connectivity index (χ2n) is 2.13. The summed E-state index contributed by atoms with van der Waals surface area (Å²) in [5.74, 6) is 0. The van der Waals surface area contributed by atoms with Gasteiger partial charge in [0.15, 0.2) is 6.29 Å². The zero-order chi connectivity index (χ0) is 9.14. The molecule has 1 aromatic rings. The summed E-state index contributed by atoms with van der Waals surface area (Å²) in [4.78, 5) is 21.1. The van der Waals surface area contributed by atoms with Gasteiger partial charge in [-0.1, -0.05) is 15.9 Å². The van der Waals surface area contributed by atoms with E-state index in [-0.39, 0.29) is 0 Å². The maximum atomic E-state index is 10.7. The predicted octanol–water partition coefficient (Wildman–Crippen LogP) is 2.64. The number of rotatable bonds is 2.